The van der Waals surface area contributed by atoms with Gasteiger partial charge in [-0.25, -0.2) is 4.79 Å². The van der Waals surface area contributed by atoms with Crippen LogP contribution in [0.4, 0.5) is 0 Å². The summed E-state index contributed by atoms with van der Waals surface area (Å²) in [6.07, 6.45) is 0.102. The van der Waals surface area contributed by atoms with Crippen LogP contribution in [-0.4, -0.2) is 65.7 Å². The third-order valence-electron chi connectivity index (χ3n) is 3.32. The molecule has 1 rings (SSSR count). The molecule has 0 fully saturated rings. The Bertz CT molecular complexity index is 637. The standard InChI is InChI=1S/C16H22N4O6/c17-11(9-21)15(24)19-7-13(22)18-8-14(23)20-12(16(25)26)6-10-4-2-1-3-5-10/h1-5,11-12,21H,6-9,17H2,(H,18,22)(H,19,24)(H,20,23)(H,25,26)/t11-,12-/m0/s1. The molecule has 7 N–H and O–H groups in total. The van der Waals surface area contributed by atoms with Crippen molar-refractivity contribution in [1.82, 2.24) is 16.0 Å². The predicted molar refractivity (Wildman–Crippen MR) is 90.8 cm³/mol. The highest BCUT2D eigenvalue weighted by Crippen LogP contribution is 2.03. The van der Waals surface area contributed by atoms with Gasteiger partial charge in [-0.15, -0.1) is 0 Å². The van der Waals surface area contributed by atoms with Gasteiger partial charge in [-0.3, -0.25) is 14.4 Å². The molecule has 0 spiro atoms. The molecule has 3 amide bonds. The molecule has 0 saturated heterocycles. The van der Waals surface area contributed by atoms with Crippen LogP contribution in [0.15, 0.2) is 30.3 Å². The van der Waals surface area contributed by atoms with Crippen LogP contribution in [0, 0.1) is 0 Å². The molecular weight excluding hydrogens is 344 g/mol. The second-order valence-corrected chi connectivity index (χ2v) is 5.43. The molecule has 142 valence electrons. The Morgan fingerprint density at radius 1 is 1.00 bits per heavy atom. The molecule has 0 unspecified atom stereocenters. The highest BCUT2D eigenvalue weighted by Gasteiger charge is 2.20. The number of carbonyl (C=O) groups is 4. The molecule has 0 radical (unpaired) electrons. The van der Waals surface area contributed by atoms with Gasteiger partial charge in [0.25, 0.3) is 0 Å². The Balaban J connectivity index is 2.40. The summed E-state index contributed by atoms with van der Waals surface area (Å²) >= 11 is 0. The van der Waals surface area contributed by atoms with Crippen molar-refractivity contribution >= 4 is 23.7 Å². The Kier molecular flexibility index (Phi) is 8.75. The largest absolute Gasteiger partial charge is 0.480 e. The van der Waals surface area contributed by atoms with Gasteiger partial charge in [-0.1, -0.05) is 30.3 Å². The highest BCUT2D eigenvalue weighted by atomic mass is 16.4. The highest BCUT2D eigenvalue weighted by molar-refractivity contribution is 5.90. The number of carbonyl (C=O) groups excluding carboxylic acids is 3. The van der Waals surface area contributed by atoms with Crippen molar-refractivity contribution < 1.29 is 29.4 Å². The maximum atomic E-state index is 11.8. The van der Waals surface area contributed by atoms with Crippen molar-refractivity contribution in [2.24, 2.45) is 5.73 Å². The number of nitrogens with one attached hydrogen (secondary N) is 3. The van der Waals surface area contributed by atoms with Crippen LogP contribution in [0.2, 0.25) is 0 Å². The molecule has 0 aliphatic rings. The maximum absolute atomic E-state index is 11.8. The molecule has 10 nitrogen and oxygen atoms in total. The number of aliphatic hydroxyl groups excluding tert-OH is 1. The normalized spacial score (nSPS) is 12.5. The predicted octanol–water partition coefficient (Wildman–Crippen LogP) is -2.65. The monoisotopic (exact) mass is 366 g/mol. The van der Waals surface area contributed by atoms with Gasteiger partial charge in [0.2, 0.25) is 17.7 Å². The van der Waals surface area contributed by atoms with Crippen molar-refractivity contribution in [3.8, 4) is 0 Å². The van der Waals surface area contributed by atoms with Crippen LogP contribution in [0.25, 0.3) is 0 Å². The minimum Gasteiger partial charge on any atom is -0.480 e. The number of rotatable bonds is 10. The van der Waals surface area contributed by atoms with E-state index in [1.54, 1.807) is 30.3 Å². The maximum Gasteiger partial charge on any atom is 0.326 e. The number of hydrogen-bond donors (Lipinski definition) is 6. The number of carboxylic acid groups (broad SMARTS) is 1. The molecule has 0 aliphatic carbocycles. The minimum atomic E-state index is -1.20. The zero-order valence-corrected chi connectivity index (χ0v) is 14.0. The molecule has 0 bridgehead atoms. The fourth-order valence-corrected chi connectivity index (χ4v) is 1.92. The Morgan fingerprint density at radius 3 is 2.19 bits per heavy atom. The van der Waals surface area contributed by atoms with E-state index in [2.05, 4.69) is 16.0 Å². The summed E-state index contributed by atoms with van der Waals surface area (Å²) < 4.78 is 0. The van der Waals surface area contributed by atoms with Crippen molar-refractivity contribution in [2.75, 3.05) is 19.7 Å². The van der Waals surface area contributed by atoms with E-state index in [4.69, 9.17) is 10.8 Å². The number of benzene rings is 1. The van der Waals surface area contributed by atoms with Crippen LogP contribution in [0.1, 0.15) is 5.56 Å². The van der Waals surface area contributed by atoms with E-state index in [0.717, 1.165) is 5.56 Å². The Labute approximate surface area is 149 Å². The molecule has 0 aromatic heterocycles. The fraction of sp³-hybridized carbons (Fsp3) is 0.375. The summed E-state index contributed by atoms with van der Waals surface area (Å²) in [6, 6.07) is 6.51. The van der Waals surface area contributed by atoms with E-state index in [9.17, 15) is 24.3 Å². The topological polar surface area (TPSA) is 171 Å². The molecule has 0 aliphatic heterocycles. The smallest absolute Gasteiger partial charge is 0.326 e. The Morgan fingerprint density at radius 2 is 1.62 bits per heavy atom. The van der Waals surface area contributed by atoms with Gasteiger partial charge < -0.3 is 31.9 Å². The van der Waals surface area contributed by atoms with Crippen molar-refractivity contribution in [3.05, 3.63) is 35.9 Å². The number of aliphatic carboxylic acids is 1. The average molecular weight is 366 g/mol. The van der Waals surface area contributed by atoms with Crippen molar-refractivity contribution in [2.45, 2.75) is 18.5 Å². The van der Waals surface area contributed by atoms with Gasteiger partial charge in [0, 0.05) is 6.42 Å². The molecule has 1 aromatic rings. The molecule has 10 heteroatoms. The van der Waals surface area contributed by atoms with Crippen LogP contribution in [-0.2, 0) is 25.6 Å². The van der Waals surface area contributed by atoms with Crippen molar-refractivity contribution in [1.29, 1.82) is 0 Å². The van der Waals surface area contributed by atoms with Gasteiger partial charge in [-0.2, -0.15) is 0 Å². The van der Waals surface area contributed by atoms with Gasteiger partial charge in [0.05, 0.1) is 19.7 Å². The van der Waals surface area contributed by atoms with Crippen LogP contribution < -0.4 is 21.7 Å². The summed E-state index contributed by atoms with van der Waals surface area (Å²) in [5.41, 5.74) is 6.00. The summed E-state index contributed by atoms with van der Waals surface area (Å²) in [6.45, 7) is -1.43. The quantitative estimate of drug-likeness (QED) is 0.262. The fourth-order valence-electron chi connectivity index (χ4n) is 1.92. The number of carboxylic acids is 1. The number of hydrogen-bond acceptors (Lipinski definition) is 6. The third-order valence-corrected chi connectivity index (χ3v) is 3.32. The molecular formula is C16H22N4O6. The molecule has 0 saturated carbocycles. The summed E-state index contributed by atoms with van der Waals surface area (Å²) in [5, 5.41) is 24.6. The summed E-state index contributed by atoms with van der Waals surface area (Å²) in [5.74, 6) is -3.24. The Hall–Kier alpha value is -2.98. The van der Waals surface area contributed by atoms with E-state index < -0.39 is 55.5 Å². The zero-order chi connectivity index (χ0) is 19.5. The van der Waals surface area contributed by atoms with E-state index in [0.29, 0.717) is 0 Å². The van der Waals surface area contributed by atoms with Gasteiger partial charge in [-0.05, 0) is 5.56 Å². The summed E-state index contributed by atoms with van der Waals surface area (Å²) in [4.78, 5) is 45.9. The SMILES string of the molecule is N[C@@H](CO)C(=O)NCC(=O)NCC(=O)N[C@@H](Cc1ccccc1)C(=O)O. The van der Waals surface area contributed by atoms with Gasteiger partial charge >= 0.3 is 5.97 Å². The lowest BCUT2D eigenvalue weighted by Crippen LogP contribution is -2.49. The van der Waals surface area contributed by atoms with Crippen LogP contribution >= 0.6 is 0 Å². The van der Waals surface area contributed by atoms with E-state index in [1.165, 1.54) is 0 Å². The van der Waals surface area contributed by atoms with Crippen LogP contribution in [0.5, 0.6) is 0 Å². The average Bonchev–Trinajstić information content (AvgIpc) is 2.63. The lowest BCUT2D eigenvalue weighted by Gasteiger charge is -2.15. The molecule has 0 heterocycles. The van der Waals surface area contributed by atoms with Gasteiger partial charge in [0.15, 0.2) is 0 Å². The summed E-state index contributed by atoms with van der Waals surface area (Å²) in [7, 11) is 0. The molecule has 1 aromatic carbocycles. The first-order valence-electron chi connectivity index (χ1n) is 7.80. The van der Waals surface area contributed by atoms with Crippen LogP contribution in [0.3, 0.4) is 0 Å². The first kappa shape index (κ1) is 21.1. The zero-order valence-electron chi connectivity index (χ0n) is 14.0. The van der Waals surface area contributed by atoms with E-state index in [-0.39, 0.29) is 6.42 Å². The minimum absolute atomic E-state index is 0.102. The number of nitrogens with two attached hydrogens (primary N) is 1. The second-order valence-electron chi connectivity index (χ2n) is 5.43. The first-order chi connectivity index (χ1) is 12.3. The lowest BCUT2D eigenvalue weighted by molar-refractivity contribution is -0.141. The number of aliphatic hydroxyl groups is 1. The second kappa shape index (κ2) is 10.8. The molecule has 2 atom stereocenters. The van der Waals surface area contributed by atoms with Gasteiger partial charge in [0.1, 0.15) is 12.1 Å². The lowest BCUT2D eigenvalue weighted by atomic mass is 10.1. The van der Waals surface area contributed by atoms with E-state index >= 15 is 0 Å². The third kappa shape index (κ3) is 7.73. The first-order valence-corrected chi connectivity index (χ1v) is 7.80. The molecule has 26 heavy (non-hydrogen) atoms. The van der Waals surface area contributed by atoms with Crippen molar-refractivity contribution in [3.63, 3.8) is 0 Å². The number of amides is 3. The van der Waals surface area contributed by atoms with E-state index in [1.807, 2.05) is 0 Å².